The molecule has 0 fully saturated rings. The Morgan fingerprint density at radius 2 is 1.72 bits per heavy atom. The Bertz CT molecular complexity index is 528. The number of benzene rings is 1. The third kappa shape index (κ3) is 4.48. The van der Waals surface area contributed by atoms with Gasteiger partial charge in [0.2, 0.25) is 0 Å². The predicted octanol–water partition coefficient (Wildman–Crippen LogP) is -1.62. The maximum Gasteiger partial charge on any atom is 1.00 e. The summed E-state index contributed by atoms with van der Waals surface area (Å²) >= 11 is 0. The van der Waals surface area contributed by atoms with Crippen LogP contribution in [0.4, 0.5) is 17.6 Å². The first-order valence-corrected chi connectivity index (χ1v) is 5.49. The molecule has 4 nitrogen and oxygen atoms in total. The molecular weight excluding hydrogens is 291 g/mol. The second kappa shape index (κ2) is 5.85. The first-order valence-electron chi connectivity index (χ1n) is 4.02. The van der Waals surface area contributed by atoms with Crippen LogP contribution in [0.3, 0.4) is 0 Å². The molecule has 18 heavy (non-hydrogen) atoms. The van der Waals surface area contributed by atoms with Gasteiger partial charge in [-0.2, -0.15) is 13.2 Å². The fraction of sp³-hybridized carbons (Fsp3) is 0.250. The summed E-state index contributed by atoms with van der Waals surface area (Å²) < 4.78 is 80.7. The molecular formula is C8H5F4NaO4S. The monoisotopic (exact) mass is 296 g/mol. The number of hydrogen-bond acceptors (Lipinski definition) is 4. The van der Waals surface area contributed by atoms with Gasteiger partial charge in [-0.05, 0) is 23.8 Å². The van der Waals surface area contributed by atoms with Crippen molar-refractivity contribution in [3.8, 4) is 0 Å². The van der Waals surface area contributed by atoms with Gasteiger partial charge in [-0.3, -0.25) is 0 Å². The van der Waals surface area contributed by atoms with Crippen LogP contribution in [-0.4, -0.2) is 18.1 Å². The van der Waals surface area contributed by atoms with E-state index in [2.05, 4.69) is 0 Å². The third-order valence-corrected chi connectivity index (χ3v) is 2.63. The van der Waals surface area contributed by atoms with Crippen molar-refractivity contribution in [2.45, 2.75) is 11.6 Å². The van der Waals surface area contributed by atoms with Crippen LogP contribution >= 0.6 is 0 Å². The minimum atomic E-state index is -5.26. The van der Waals surface area contributed by atoms with Crippen LogP contribution in [0.25, 0.3) is 0 Å². The van der Waals surface area contributed by atoms with E-state index in [1.165, 1.54) is 0 Å². The van der Waals surface area contributed by atoms with Gasteiger partial charge in [0.25, 0.3) is 0 Å². The maximum absolute atomic E-state index is 12.8. The number of halogens is 4. The van der Waals surface area contributed by atoms with Crippen molar-refractivity contribution in [1.29, 1.82) is 0 Å². The van der Waals surface area contributed by atoms with E-state index in [-0.39, 0.29) is 41.7 Å². The van der Waals surface area contributed by atoms with Crippen molar-refractivity contribution < 1.29 is 65.2 Å². The van der Waals surface area contributed by atoms with E-state index >= 15 is 0 Å². The first kappa shape index (κ1) is 17.8. The molecule has 1 aromatic rings. The summed E-state index contributed by atoms with van der Waals surface area (Å²) in [6.07, 6.45) is -4.91. The first-order chi connectivity index (χ1) is 7.51. The van der Waals surface area contributed by atoms with E-state index < -0.39 is 38.7 Å². The fourth-order valence-electron chi connectivity index (χ4n) is 1.09. The Morgan fingerprint density at radius 1 is 1.22 bits per heavy atom. The predicted molar refractivity (Wildman–Crippen MR) is 46.1 cm³/mol. The normalized spacial score (nSPS) is 13.9. The largest absolute Gasteiger partial charge is 1.00 e. The summed E-state index contributed by atoms with van der Waals surface area (Å²) in [7, 11) is -5.26. The zero-order valence-corrected chi connectivity index (χ0v) is 11.7. The molecule has 0 amide bonds. The molecule has 0 saturated carbocycles. The van der Waals surface area contributed by atoms with Crippen molar-refractivity contribution in [3.05, 3.63) is 35.1 Å². The smallest absolute Gasteiger partial charge is 0.746 e. The van der Waals surface area contributed by atoms with Crippen molar-refractivity contribution in [2.24, 2.45) is 0 Å². The molecule has 0 saturated heterocycles. The number of aliphatic hydroxyl groups is 1. The standard InChI is InChI=1S/C8H6F4O4S.Na/c9-6-2-4(7(13)17(14,15)16)1-5(3-6)8(10,11)12;/h1-3,7,13H,(H,14,15,16);/q;+1/p-1. The van der Waals surface area contributed by atoms with Gasteiger partial charge in [0.1, 0.15) is 15.9 Å². The molecule has 1 aromatic carbocycles. The molecule has 0 aliphatic rings. The van der Waals surface area contributed by atoms with Crippen molar-refractivity contribution >= 4 is 10.1 Å². The van der Waals surface area contributed by atoms with E-state index in [4.69, 9.17) is 5.11 Å². The van der Waals surface area contributed by atoms with Gasteiger partial charge in [0.15, 0.2) is 5.44 Å². The number of aliphatic hydroxyl groups excluding tert-OH is 1. The number of rotatable bonds is 2. The van der Waals surface area contributed by atoms with Crippen LogP contribution < -0.4 is 29.6 Å². The summed E-state index contributed by atoms with van der Waals surface area (Å²) in [6, 6.07) is 0.659. The molecule has 0 spiro atoms. The third-order valence-electron chi connectivity index (χ3n) is 1.81. The van der Waals surface area contributed by atoms with Gasteiger partial charge < -0.3 is 9.66 Å². The molecule has 0 radical (unpaired) electrons. The topological polar surface area (TPSA) is 77.4 Å². The molecule has 1 N–H and O–H groups in total. The molecule has 0 bridgehead atoms. The molecule has 1 unspecified atom stereocenters. The number of alkyl halides is 3. The van der Waals surface area contributed by atoms with Gasteiger partial charge in [-0.15, -0.1) is 0 Å². The summed E-state index contributed by atoms with van der Waals surface area (Å²) in [6.45, 7) is 0. The molecule has 0 aliphatic carbocycles. The zero-order chi connectivity index (χ0) is 13.4. The summed E-state index contributed by atoms with van der Waals surface area (Å²) in [5.74, 6) is -1.41. The van der Waals surface area contributed by atoms with E-state index in [0.29, 0.717) is 6.07 Å². The van der Waals surface area contributed by atoms with Crippen LogP contribution in [0.5, 0.6) is 0 Å². The Morgan fingerprint density at radius 3 is 2.11 bits per heavy atom. The average Bonchev–Trinajstić information content (AvgIpc) is 2.12. The van der Waals surface area contributed by atoms with Gasteiger partial charge in [-0.1, -0.05) is 0 Å². The quantitative estimate of drug-likeness (QED) is 0.404. The second-order valence-electron chi connectivity index (χ2n) is 3.12. The van der Waals surface area contributed by atoms with Crippen LogP contribution in [0.1, 0.15) is 16.6 Å². The van der Waals surface area contributed by atoms with E-state index in [0.717, 1.165) is 0 Å². The van der Waals surface area contributed by atoms with Crippen LogP contribution in [-0.2, 0) is 16.3 Å². The van der Waals surface area contributed by atoms with Crippen LogP contribution in [0, 0.1) is 5.82 Å². The zero-order valence-electron chi connectivity index (χ0n) is 8.90. The van der Waals surface area contributed by atoms with Gasteiger partial charge in [0.05, 0.1) is 5.56 Å². The molecule has 10 heteroatoms. The van der Waals surface area contributed by atoms with Crippen molar-refractivity contribution in [3.63, 3.8) is 0 Å². The van der Waals surface area contributed by atoms with Gasteiger partial charge in [0, 0.05) is 0 Å². The average molecular weight is 296 g/mol. The van der Waals surface area contributed by atoms with E-state index in [1.807, 2.05) is 0 Å². The summed E-state index contributed by atoms with van der Waals surface area (Å²) in [5.41, 5.74) is -5.19. The Kier molecular flexibility index (Phi) is 5.78. The Labute approximate surface area is 122 Å². The molecule has 96 valence electrons. The summed E-state index contributed by atoms with van der Waals surface area (Å²) in [5, 5.41) is 8.94. The molecule has 0 heterocycles. The Balaban J connectivity index is 0.00000289. The van der Waals surface area contributed by atoms with Crippen LogP contribution in [0.15, 0.2) is 18.2 Å². The molecule has 0 aliphatic heterocycles. The van der Waals surface area contributed by atoms with E-state index in [9.17, 15) is 30.5 Å². The molecule has 1 rings (SSSR count). The van der Waals surface area contributed by atoms with Crippen LogP contribution in [0.2, 0.25) is 0 Å². The van der Waals surface area contributed by atoms with E-state index in [1.54, 1.807) is 0 Å². The van der Waals surface area contributed by atoms with Crippen molar-refractivity contribution in [1.82, 2.24) is 0 Å². The summed E-state index contributed by atoms with van der Waals surface area (Å²) in [4.78, 5) is 0. The Hall–Kier alpha value is -0.190. The fourth-order valence-corrected chi connectivity index (χ4v) is 1.55. The minimum absolute atomic E-state index is 0. The SMILES string of the molecule is O=S(=O)([O-])C(O)c1cc(F)cc(C(F)(F)F)c1.[Na+]. The van der Waals surface area contributed by atoms with Gasteiger partial charge in [-0.25, -0.2) is 12.8 Å². The van der Waals surface area contributed by atoms with Gasteiger partial charge >= 0.3 is 35.7 Å². The van der Waals surface area contributed by atoms with Crippen molar-refractivity contribution in [2.75, 3.05) is 0 Å². The number of hydrogen-bond donors (Lipinski definition) is 1. The second-order valence-corrected chi connectivity index (χ2v) is 4.55. The minimum Gasteiger partial charge on any atom is -0.746 e. The maximum atomic E-state index is 12.8. The molecule has 1 atom stereocenters. The molecule has 0 aromatic heterocycles.